The van der Waals surface area contributed by atoms with E-state index in [2.05, 4.69) is 5.32 Å². The number of para-hydroxylation sites is 1. The Morgan fingerprint density at radius 1 is 1.06 bits per heavy atom. The zero-order valence-corrected chi connectivity index (χ0v) is 18.2. The van der Waals surface area contributed by atoms with Gasteiger partial charge in [-0.25, -0.2) is 4.79 Å². The van der Waals surface area contributed by atoms with Crippen LogP contribution < -0.4 is 14.8 Å². The molecule has 0 unspecified atom stereocenters. The maximum absolute atomic E-state index is 13.3. The lowest BCUT2D eigenvalue weighted by molar-refractivity contribution is -0.138. The first-order valence-corrected chi connectivity index (χ1v) is 10.0. The van der Waals surface area contributed by atoms with Crippen molar-refractivity contribution in [1.29, 1.82) is 0 Å². The Kier molecular flexibility index (Phi) is 6.48. The summed E-state index contributed by atoms with van der Waals surface area (Å²) in [4.78, 5) is 41.2. The van der Waals surface area contributed by atoms with Gasteiger partial charge in [-0.2, -0.15) is 0 Å². The van der Waals surface area contributed by atoms with E-state index < -0.39 is 17.5 Å². The molecule has 1 atom stereocenters. The zero-order valence-electron chi connectivity index (χ0n) is 18.2. The molecule has 0 saturated carbocycles. The Labute approximate surface area is 181 Å². The second-order valence-corrected chi connectivity index (χ2v) is 7.37. The van der Waals surface area contributed by atoms with Crippen molar-refractivity contribution < 1.29 is 23.9 Å². The van der Waals surface area contributed by atoms with E-state index in [1.807, 2.05) is 31.2 Å². The summed E-state index contributed by atoms with van der Waals surface area (Å²) < 4.78 is 10.5. The highest BCUT2D eigenvalue weighted by Gasteiger charge is 2.51. The summed E-state index contributed by atoms with van der Waals surface area (Å²) in [6.45, 7) is 1.78. The topological polar surface area (TPSA) is 88.2 Å². The number of rotatable bonds is 8. The normalized spacial score (nSPS) is 18.0. The molecule has 0 bridgehead atoms. The molecule has 2 aromatic rings. The second kappa shape index (κ2) is 9.07. The second-order valence-electron chi connectivity index (χ2n) is 7.37. The minimum atomic E-state index is -1.20. The first kappa shape index (κ1) is 22.1. The Bertz CT molecular complexity index is 975. The number of benzene rings is 2. The van der Waals surface area contributed by atoms with Crippen molar-refractivity contribution in [2.45, 2.75) is 25.4 Å². The number of methoxy groups -OCH3 is 2. The third kappa shape index (κ3) is 4.19. The number of likely N-dealkylation sites (N-methyl/N-ethyl adjacent to an activating group) is 1. The summed E-state index contributed by atoms with van der Waals surface area (Å²) in [5.41, 5.74) is 0.274. The molecule has 31 heavy (non-hydrogen) atoms. The first-order valence-electron chi connectivity index (χ1n) is 10.0. The van der Waals surface area contributed by atoms with Gasteiger partial charge in [0.1, 0.15) is 23.6 Å². The number of imide groups is 1. The van der Waals surface area contributed by atoms with E-state index in [4.69, 9.17) is 9.47 Å². The number of amides is 4. The predicted octanol–water partition coefficient (Wildman–Crippen LogP) is 2.52. The maximum Gasteiger partial charge on any atom is 0.325 e. The van der Waals surface area contributed by atoms with E-state index in [0.717, 1.165) is 10.5 Å². The molecule has 1 fully saturated rings. The third-order valence-electron chi connectivity index (χ3n) is 5.61. The van der Waals surface area contributed by atoms with Gasteiger partial charge in [0.05, 0.1) is 14.2 Å². The molecule has 1 heterocycles. The van der Waals surface area contributed by atoms with Crippen LogP contribution >= 0.6 is 0 Å². The van der Waals surface area contributed by atoms with E-state index in [1.165, 1.54) is 4.90 Å². The average molecular weight is 425 g/mol. The Balaban J connectivity index is 1.76. The van der Waals surface area contributed by atoms with Crippen LogP contribution in [0.25, 0.3) is 0 Å². The van der Waals surface area contributed by atoms with Crippen LogP contribution in [0.3, 0.4) is 0 Å². The number of carbonyl (C=O) groups excluding carboxylic acids is 3. The quantitative estimate of drug-likeness (QED) is 0.657. The van der Waals surface area contributed by atoms with Crippen molar-refractivity contribution >= 4 is 17.8 Å². The van der Waals surface area contributed by atoms with Crippen molar-refractivity contribution in [3.8, 4) is 11.5 Å². The van der Waals surface area contributed by atoms with Crippen LogP contribution in [-0.4, -0.2) is 55.5 Å². The lowest BCUT2D eigenvalue weighted by atomic mass is 9.87. The largest absolute Gasteiger partial charge is 0.497 e. The fraction of sp³-hybridized carbons (Fsp3) is 0.348. The summed E-state index contributed by atoms with van der Waals surface area (Å²) in [6.07, 6.45) is 0.353. The summed E-state index contributed by atoms with van der Waals surface area (Å²) in [6, 6.07) is 13.8. The minimum absolute atomic E-state index is 0.296. The van der Waals surface area contributed by atoms with Crippen molar-refractivity contribution in [2.24, 2.45) is 0 Å². The van der Waals surface area contributed by atoms with Crippen molar-refractivity contribution in [3.63, 3.8) is 0 Å². The number of carbonyl (C=O) groups is 3. The molecule has 0 aliphatic carbocycles. The van der Waals surface area contributed by atoms with E-state index in [-0.39, 0.29) is 12.5 Å². The molecule has 1 aliphatic rings. The molecule has 0 radical (unpaired) electrons. The standard InChI is InChI=1S/C23H27N3O5/c1-5-23(17-10-12-18(30-3)13-11-17)21(28)26(22(29)24-23)15-20(27)25(2)14-16-8-6-7-9-19(16)31-4/h6-13H,5,14-15H2,1-4H3,(H,24,29)/t23-/m1/s1. The third-order valence-corrected chi connectivity index (χ3v) is 5.61. The number of nitrogens with zero attached hydrogens (tertiary/aromatic N) is 2. The monoisotopic (exact) mass is 425 g/mol. The number of nitrogens with one attached hydrogen (secondary N) is 1. The smallest absolute Gasteiger partial charge is 0.325 e. The highest BCUT2D eigenvalue weighted by Crippen LogP contribution is 2.33. The van der Waals surface area contributed by atoms with Crippen molar-refractivity contribution in [3.05, 3.63) is 59.7 Å². The van der Waals surface area contributed by atoms with Crippen molar-refractivity contribution in [1.82, 2.24) is 15.1 Å². The minimum Gasteiger partial charge on any atom is -0.497 e. The molecular weight excluding hydrogens is 398 g/mol. The number of hydrogen-bond donors (Lipinski definition) is 1. The number of urea groups is 1. The Morgan fingerprint density at radius 3 is 2.35 bits per heavy atom. The molecule has 2 aromatic carbocycles. The molecule has 8 nitrogen and oxygen atoms in total. The van der Waals surface area contributed by atoms with Gasteiger partial charge in [0.15, 0.2) is 0 Å². The maximum atomic E-state index is 13.3. The van der Waals surface area contributed by atoms with Crippen LogP contribution in [0, 0.1) is 0 Å². The molecular formula is C23H27N3O5. The van der Waals surface area contributed by atoms with Gasteiger partial charge in [-0.3, -0.25) is 14.5 Å². The molecule has 4 amide bonds. The summed E-state index contributed by atoms with van der Waals surface area (Å²) >= 11 is 0. The van der Waals surface area contributed by atoms with Crippen LogP contribution in [0.2, 0.25) is 0 Å². The van der Waals surface area contributed by atoms with Crippen LogP contribution in [0.5, 0.6) is 11.5 Å². The lowest BCUT2D eigenvalue weighted by Gasteiger charge is -2.26. The van der Waals surface area contributed by atoms with Crippen LogP contribution in [0.15, 0.2) is 48.5 Å². The molecule has 164 valence electrons. The zero-order chi connectivity index (χ0) is 22.6. The van der Waals surface area contributed by atoms with E-state index >= 15 is 0 Å². The van der Waals surface area contributed by atoms with Gasteiger partial charge < -0.3 is 19.7 Å². The van der Waals surface area contributed by atoms with Gasteiger partial charge in [0.2, 0.25) is 5.91 Å². The van der Waals surface area contributed by atoms with Gasteiger partial charge in [0, 0.05) is 19.2 Å². The van der Waals surface area contributed by atoms with Crippen LogP contribution in [-0.2, 0) is 21.7 Å². The lowest BCUT2D eigenvalue weighted by Crippen LogP contribution is -2.45. The van der Waals surface area contributed by atoms with Gasteiger partial charge in [0.25, 0.3) is 5.91 Å². The molecule has 8 heteroatoms. The summed E-state index contributed by atoms with van der Waals surface area (Å²) in [5.74, 6) is 0.527. The summed E-state index contributed by atoms with van der Waals surface area (Å²) in [5, 5.41) is 2.79. The Morgan fingerprint density at radius 2 is 1.74 bits per heavy atom. The molecule has 3 rings (SSSR count). The van der Waals surface area contributed by atoms with E-state index in [0.29, 0.717) is 30.0 Å². The fourth-order valence-corrected chi connectivity index (χ4v) is 3.72. The first-order chi connectivity index (χ1) is 14.9. The van der Waals surface area contributed by atoms with E-state index in [9.17, 15) is 14.4 Å². The van der Waals surface area contributed by atoms with Crippen LogP contribution in [0.4, 0.5) is 4.79 Å². The summed E-state index contributed by atoms with van der Waals surface area (Å²) in [7, 11) is 4.75. The molecule has 1 aliphatic heterocycles. The van der Waals surface area contributed by atoms with Crippen LogP contribution in [0.1, 0.15) is 24.5 Å². The van der Waals surface area contributed by atoms with Gasteiger partial charge >= 0.3 is 6.03 Å². The van der Waals surface area contributed by atoms with Gasteiger partial charge in [-0.1, -0.05) is 37.3 Å². The van der Waals surface area contributed by atoms with E-state index in [1.54, 1.807) is 45.5 Å². The molecule has 0 aromatic heterocycles. The van der Waals surface area contributed by atoms with Gasteiger partial charge in [-0.15, -0.1) is 0 Å². The molecule has 0 spiro atoms. The SMILES string of the molecule is CC[C@]1(c2ccc(OC)cc2)NC(=O)N(CC(=O)N(C)Cc2ccccc2OC)C1=O. The van der Waals surface area contributed by atoms with Crippen molar-refractivity contribution in [2.75, 3.05) is 27.8 Å². The predicted molar refractivity (Wildman–Crippen MR) is 115 cm³/mol. The highest BCUT2D eigenvalue weighted by molar-refractivity contribution is 6.09. The molecule has 1 saturated heterocycles. The molecule has 1 N–H and O–H groups in total. The van der Waals surface area contributed by atoms with Gasteiger partial charge in [-0.05, 0) is 30.2 Å². The average Bonchev–Trinajstić information content (AvgIpc) is 3.04. The number of ether oxygens (including phenoxy) is 2. The number of hydrogen-bond acceptors (Lipinski definition) is 5. The fourth-order valence-electron chi connectivity index (χ4n) is 3.72. The highest BCUT2D eigenvalue weighted by atomic mass is 16.5. The Hall–Kier alpha value is -3.55.